The van der Waals surface area contributed by atoms with E-state index in [1.54, 1.807) is 0 Å². The number of aromatic nitrogens is 1. The summed E-state index contributed by atoms with van der Waals surface area (Å²) in [5.41, 5.74) is 19.9. The molecule has 0 atom stereocenters. The summed E-state index contributed by atoms with van der Waals surface area (Å²) in [6.45, 7) is 35.2. The van der Waals surface area contributed by atoms with Gasteiger partial charge in [-0.2, -0.15) is 0 Å². The van der Waals surface area contributed by atoms with Crippen LogP contribution in [0.3, 0.4) is 0 Å². The van der Waals surface area contributed by atoms with Crippen LogP contribution in [0.1, 0.15) is 132 Å². The lowest BCUT2D eigenvalue weighted by Crippen LogP contribution is -2.56. The summed E-state index contributed by atoms with van der Waals surface area (Å²) in [6.07, 6.45) is 0. The molecule has 0 aliphatic carbocycles. The third kappa shape index (κ3) is 6.46. The Morgan fingerprint density at radius 2 is 0.972 bits per heavy atom. The highest BCUT2D eigenvalue weighted by atomic mass is 32.1. The minimum absolute atomic E-state index is 0.00289. The number of hydrogen-bond acceptors (Lipinski definition) is 2. The molecule has 2 aliphatic heterocycles. The van der Waals surface area contributed by atoms with E-state index in [2.05, 4.69) is 247 Å². The van der Waals surface area contributed by atoms with Crippen molar-refractivity contribution in [3.63, 3.8) is 0 Å². The van der Waals surface area contributed by atoms with Crippen molar-refractivity contribution in [2.45, 2.75) is 131 Å². The highest BCUT2D eigenvalue weighted by molar-refractivity contribution is 7.26. The van der Waals surface area contributed by atoms with Crippen LogP contribution >= 0.6 is 11.3 Å². The Morgan fingerprint density at radius 1 is 0.417 bits per heavy atom. The first-order chi connectivity index (χ1) is 33.9. The summed E-state index contributed by atoms with van der Waals surface area (Å²) in [7, 11) is 0. The van der Waals surface area contributed by atoms with Gasteiger partial charge < -0.3 is 9.38 Å². The molecule has 0 N–H and O–H groups in total. The van der Waals surface area contributed by atoms with E-state index in [1.165, 1.54) is 142 Å². The standard InChI is InChI=1S/C68H67BN2S/c1-64(2,3)41-24-20-38(21-25-41)49-34-42(65(4,5)6)26-30-53(49)70-62-48-29-23-40-33-44(67(10,11)12)32-39-22-28-47(57(48)56(39)40)58-52-37-45(68(13,14)15)36-51-50-35-43(66(7,8)9)27-31-54(50)71(61(51)52)69(60(58)62)59-46-18-16-17-19-55(46)72-63(59)70/h16-37H,1-15H3. The SMILES string of the molecule is CC(C)(C)c1ccc(-c2cc(C(C)(C)C)ccc2N2c3sc4ccccc4c3B3c4c(c5ccc6cc(C(C)(C)C)cc7ccc(c42)c5c67)-c2cc(C(C)(C)C)cc4c5cc(C(C)(C)C)ccc5n3c24)cc1. The van der Waals surface area contributed by atoms with Crippen LogP contribution in [0.5, 0.6) is 0 Å². The summed E-state index contributed by atoms with van der Waals surface area (Å²) in [4.78, 5) is 2.75. The molecule has 0 bridgehead atoms. The Kier molecular flexibility index (Phi) is 9.27. The summed E-state index contributed by atoms with van der Waals surface area (Å²) in [5.74, 6) is 0. The van der Waals surface area contributed by atoms with Crippen LogP contribution in [-0.4, -0.2) is 11.3 Å². The van der Waals surface area contributed by atoms with Crippen molar-refractivity contribution < 1.29 is 0 Å². The highest BCUT2D eigenvalue weighted by Crippen LogP contribution is 2.56. The molecular formula is C68H67BN2S. The number of rotatable bonds is 2. The number of hydrogen-bond donors (Lipinski definition) is 0. The molecule has 13 rings (SSSR count). The lowest BCUT2D eigenvalue weighted by atomic mass is 9.44. The van der Waals surface area contributed by atoms with Crippen molar-refractivity contribution in [3.05, 3.63) is 161 Å². The molecule has 4 heteroatoms. The van der Waals surface area contributed by atoms with Crippen molar-refractivity contribution in [1.29, 1.82) is 0 Å². The lowest BCUT2D eigenvalue weighted by Gasteiger charge is -2.41. The predicted octanol–water partition coefficient (Wildman–Crippen LogP) is 18.5. The van der Waals surface area contributed by atoms with Gasteiger partial charge in [0.1, 0.15) is 0 Å². The van der Waals surface area contributed by atoms with E-state index in [4.69, 9.17) is 0 Å². The van der Waals surface area contributed by atoms with Crippen molar-refractivity contribution in [2.24, 2.45) is 0 Å². The van der Waals surface area contributed by atoms with Crippen molar-refractivity contribution in [3.8, 4) is 22.3 Å². The molecule has 0 unspecified atom stereocenters. The maximum atomic E-state index is 2.79. The molecule has 0 saturated carbocycles. The van der Waals surface area contributed by atoms with Gasteiger partial charge in [0.05, 0.1) is 16.4 Å². The molecule has 0 radical (unpaired) electrons. The van der Waals surface area contributed by atoms with Gasteiger partial charge in [0.2, 0.25) is 0 Å². The topological polar surface area (TPSA) is 8.17 Å². The Balaban J connectivity index is 1.26. The Morgan fingerprint density at radius 3 is 1.62 bits per heavy atom. The largest absolute Gasteiger partial charge is 0.375 e. The first kappa shape index (κ1) is 45.5. The molecule has 72 heavy (non-hydrogen) atoms. The van der Waals surface area contributed by atoms with Gasteiger partial charge in [-0.25, -0.2) is 0 Å². The van der Waals surface area contributed by atoms with E-state index in [1.807, 2.05) is 11.3 Å². The van der Waals surface area contributed by atoms with Gasteiger partial charge in [-0.15, -0.1) is 11.3 Å². The zero-order valence-electron chi connectivity index (χ0n) is 45.1. The van der Waals surface area contributed by atoms with E-state index in [0.29, 0.717) is 0 Å². The maximum absolute atomic E-state index is 2.79. The molecule has 0 amide bonds. The third-order valence-electron chi connectivity index (χ3n) is 16.7. The second-order valence-corrected chi connectivity index (χ2v) is 27.7. The van der Waals surface area contributed by atoms with Gasteiger partial charge in [0, 0.05) is 48.4 Å². The lowest BCUT2D eigenvalue weighted by molar-refractivity contribution is 0.590. The van der Waals surface area contributed by atoms with E-state index in [0.717, 1.165) is 0 Å². The van der Waals surface area contributed by atoms with Crippen LogP contribution in [0.25, 0.3) is 86.5 Å². The minimum atomic E-state index is -0.0835. The van der Waals surface area contributed by atoms with Crippen LogP contribution in [0, 0.1) is 0 Å². The molecule has 2 nitrogen and oxygen atoms in total. The van der Waals surface area contributed by atoms with Gasteiger partial charge in [-0.1, -0.05) is 195 Å². The smallest absolute Gasteiger partial charge is 0.334 e. The van der Waals surface area contributed by atoms with Crippen LogP contribution in [0.4, 0.5) is 16.4 Å². The van der Waals surface area contributed by atoms with Gasteiger partial charge in [0.25, 0.3) is 0 Å². The van der Waals surface area contributed by atoms with Crippen LogP contribution in [0.2, 0.25) is 0 Å². The zero-order chi connectivity index (χ0) is 50.5. The number of anilines is 3. The molecule has 0 spiro atoms. The molecule has 2 aliphatic rings. The van der Waals surface area contributed by atoms with Crippen molar-refractivity contribution in [2.75, 3.05) is 4.90 Å². The first-order valence-corrected chi connectivity index (χ1v) is 27.2. The highest BCUT2D eigenvalue weighted by Gasteiger charge is 2.47. The fourth-order valence-corrected chi connectivity index (χ4v) is 13.8. The van der Waals surface area contributed by atoms with E-state index in [-0.39, 0.29) is 33.9 Å². The average Bonchev–Trinajstić information content (AvgIpc) is 3.87. The molecule has 2 aromatic heterocycles. The minimum Gasteiger partial charge on any atom is -0.375 e. The molecule has 358 valence electrons. The van der Waals surface area contributed by atoms with E-state index >= 15 is 0 Å². The van der Waals surface area contributed by atoms with Crippen LogP contribution in [-0.2, 0) is 27.1 Å². The number of thiophene rings is 1. The average molecular weight is 955 g/mol. The van der Waals surface area contributed by atoms with Gasteiger partial charge >= 0.3 is 6.85 Å². The summed E-state index contributed by atoms with van der Waals surface area (Å²) >= 11 is 1.96. The van der Waals surface area contributed by atoms with Gasteiger partial charge in [0.15, 0.2) is 0 Å². The molecule has 4 heterocycles. The second-order valence-electron chi connectivity index (χ2n) is 26.7. The summed E-state index contributed by atoms with van der Waals surface area (Å²) in [5, 5.41) is 13.3. The fourth-order valence-electron chi connectivity index (χ4n) is 12.5. The molecule has 0 saturated heterocycles. The van der Waals surface area contributed by atoms with Gasteiger partial charge in [-0.05, 0) is 146 Å². The molecule has 9 aromatic carbocycles. The predicted molar refractivity (Wildman–Crippen MR) is 318 cm³/mol. The Bertz CT molecular complexity index is 4090. The monoisotopic (exact) mass is 955 g/mol. The normalized spacial score (nSPS) is 14.3. The third-order valence-corrected chi connectivity index (χ3v) is 17.8. The molecule has 11 aromatic rings. The Hall–Kier alpha value is -6.36. The number of benzene rings is 9. The van der Waals surface area contributed by atoms with Crippen LogP contribution < -0.4 is 15.8 Å². The summed E-state index contributed by atoms with van der Waals surface area (Å²) in [6, 6.07) is 53.5. The van der Waals surface area contributed by atoms with Gasteiger partial charge in [-0.3, -0.25) is 0 Å². The Labute approximate surface area is 431 Å². The zero-order valence-corrected chi connectivity index (χ0v) is 45.9. The quantitative estimate of drug-likeness (QED) is 0.124. The van der Waals surface area contributed by atoms with E-state index in [9.17, 15) is 0 Å². The summed E-state index contributed by atoms with van der Waals surface area (Å²) < 4.78 is 4.11. The second kappa shape index (κ2) is 14.7. The van der Waals surface area contributed by atoms with Crippen molar-refractivity contribution >= 4 is 110 Å². The number of nitrogens with zero attached hydrogens (tertiary/aromatic N) is 2. The molecule has 0 fully saturated rings. The molecular weight excluding hydrogens is 888 g/mol. The fraction of sp³-hybridized carbons (Fsp3) is 0.294. The first-order valence-electron chi connectivity index (χ1n) is 26.4. The van der Waals surface area contributed by atoms with Crippen LogP contribution in [0.15, 0.2) is 133 Å². The van der Waals surface area contributed by atoms with Crippen molar-refractivity contribution in [1.82, 2.24) is 4.48 Å². The maximum Gasteiger partial charge on any atom is 0.334 e. The van der Waals surface area contributed by atoms with E-state index < -0.39 is 0 Å². The number of fused-ring (bicyclic) bond motifs is 11.